The van der Waals surface area contributed by atoms with Crippen LogP contribution in [0.2, 0.25) is 0 Å². The maximum Gasteiger partial charge on any atom is 0.0594 e. The lowest BCUT2D eigenvalue weighted by molar-refractivity contribution is 0.0361. The van der Waals surface area contributed by atoms with Crippen molar-refractivity contribution in [3.63, 3.8) is 0 Å². The SMILES string of the molecule is COCCN(C)CCCN1CCOCC1. The topological polar surface area (TPSA) is 24.9 Å². The summed E-state index contributed by atoms with van der Waals surface area (Å²) in [6.07, 6.45) is 1.24. The molecule has 0 aromatic rings. The molecule has 1 aliphatic rings. The zero-order valence-electron chi connectivity index (χ0n) is 10.1. The first kappa shape index (κ1) is 12.9. The molecule has 0 atom stereocenters. The third-order valence-electron chi connectivity index (χ3n) is 2.80. The van der Waals surface area contributed by atoms with Crippen molar-refractivity contribution in [1.29, 1.82) is 0 Å². The highest BCUT2D eigenvalue weighted by Gasteiger charge is 2.09. The minimum absolute atomic E-state index is 0.827. The number of likely N-dealkylation sites (N-methyl/N-ethyl adjacent to an activating group) is 1. The Morgan fingerprint density at radius 3 is 2.67 bits per heavy atom. The van der Waals surface area contributed by atoms with Crippen molar-refractivity contribution in [2.24, 2.45) is 0 Å². The standard InChI is InChI=1S/C11H24N2O2/c1-12(6-9-14-2)4-3-5-13-7-10-15-11-8-13/h3-11H2,1-2H3. The number of hydrogen-bond acceptors (Lipinski definition) is 4. The molecule has 0 saturated carbocycles. The van der Waals surface area contributed by atoms with Crippen LogP contribution in [0.1, 0.15) is 6.42 Å². The molecule has 1 fully saturated rings. The zero-order chi connectivity index (χ0) is 10.9. The van der Waals surface area contributed by atoms with E-state index in [0.717, 1.165) is 46.0 Å². The van der Waals surface area contributed by atoms with Gasteiger partial charge in [-0.05, 0) is 26.6 Å². The summed E-state index contributed by atoms with van der Waals surface area (Å²) in [5.41, 5.74) is 0. The van der Waals surface area contributed by atoms with Gasteiger partial charge in [-0.2, -0.15) is 0 Å². The number of nitrogens with zero attached hydrogens (tertiary/aromatic N) is 2. The first-order valence-electron chi connectivity index (χ1n) is 5.80. The van der Waals surface area contributed by atoms with Crippen LogP contribution in [-0.2, 0) is 9.47 Å². The van der Waals surface area contributed by atoms with Gasteiger partial charge in [-0.25, -0.2) is 0 Å². The van der Waals surface area contributed by atoms with Gasteiger partial charge in [0.25, 0.3) is 0 Å². The Morgan fingerprint density at radius 1 is 1.27 bits per heavy atom. The third-order valence-corrected chi connectivity index (χ3v) is 2.80. The third kappa shape index (κ3) is 6.10. The summed E-state index contributed by atoms with van der Waals surface area (Å²) in [7, 11) is 3.90. The first-order valence-corrected chi connectivity index (χ1v) is 5.80. The Hall–Kier alpha value is -0.160. The number of methoxy groups -OCH3 is 1. The average molecular weight is 216 g/mol. The summed E-state index contributed by atoms with van der Waals surface area (Å²) in [5.74, 6) is 0. The van der Waals surface area contributed by atoms with Crippen LogP contribution in [0.5, 0.6) is 0 Å². The summed E-state index contributed by atoms with van der Waals surface area (Å²) >= 11 is 0. The van der Waals surface area contributed by atoms with Gasteiger partial charge in [-0.3, -0.25) is 4.90 Å². The van der Waals surface area contributed by atoms with Crippen LogP contribution in [0.3, 0.4) is 0 Å². The van der Waals surface area contributed by atoms with Crippen LogP contribution in [-0.4, -0.2) is 76.5 Å². The molecule has 15 heavy (non-hydrogen) atoms. The van der Waals surface area contributed by atoms with E-state index in [-0.39, 0.29) is 0 Å². The van der Waals surface area contributed by atoms with E-state index >= 15 is 0 Å². The molecule has 0 aromatic heterocycles. The highest BCUT2D eigenvalue weighted by molar-refractivity contribution is 4.62. The number of rotatable bonds is 7. The summed E-state index contributed by atoms with van der Waals surface area (Å²) in [6, 6.07) is 0. The fraction of sp³-hybridized carbons (Fsp3) is 1.00. The Labute approximate surface area is 93.1 Å². The number of ether oxygens (including phenoxy) is 2. The molecular formula is C11H24N2O2. The molecule has 4 heteroatoms. The van der Waals surface area contributed by atoms with Gasteiger partial charge in [0.2, 0.25) is 0 Å². The molecular weight excluding hydrogens is 192 g/mol. The quantitative estimate of drug-likeness (QED) is 0.610. The van der Waals surface area contributed by atoms with Crippen LogP contribution in [0.25, 0.3) is 0 Å². The van der Waals surface area contributed by atoms with Gasteiger partial charge in [-0.1, -0.05) is 0 Å². The monoisotopic (exact) mass is 216 g/mol. The van der Waals surface area contributed by atoms with Gasteiger partial charge in [0, 0.05) is 26.7 Å². The van der Waals surface area contributed by atoms with Crippen molar-refractivity contribution < 1.29 is 9.47 Å². The fourth-order valence-corrected chi connectivity index (χ4v) is 1.75. The summed E-state index contributed by atoms with van der Waals surface area (Å²) in [4.78, 5) is 4.80. The van der Waals surface area contributed by atoms with Gasteiger partial charge < -0.3 is 14.4 Å². The van der Waals surface area contributed by atoms with Gasteiger partial charge in [0.05, 0.1) is 19.8 Å². The molecule has 0 bridgehead atoms. The van der Waals surface area contributed by atoms with E-state index < -0.39 is 0 Å². The van der Waals surface area contributed by atoms with Crippen molar-refractivity contribution in [3.05, 3.63) is 0 Å². The van der Waals surface area contributed by atoms with Gasteiger partial charge >= 0.3 is 0 Å². The molecule has 1 rings (SSSR count). The summed E-state index contributed by atoms with van der Waals surface area (Å²) in [6.45, 7) is 8.21. The van der Waals surface area contributed by atoms with Crippen LogP contribution < -0.4 is 0 Å². The van der Waals surface area contributed by atoms with E-state index in [9.17, 15) is 0 Å². The molecule has 90 valence electrons. The molecule has 1 aliphatic heterocycles. The lowest BCUT2D eigenvalue weighted by Gasteiger charge is -2.27. The predicted molar refractivity (Wildman–Crippen MR) is 61.2 cm³/mol. The van der Waals surface area contributed by atoms with Gasteiger partial charge in [0.15, 0.2) is 0 Å². The minimum atomic E-state index is 0.827. The predicted octanol–water partition coefficient (Wildman–Crippen LogP) is 0.287. The van der Waals surface area contributed by atoms with E-state index in [1.165, 1.54) is 13.0 Å². The highest BCUT2D eigenvalue weighted by atomic mass is 16.5. The van der Waals surface area contributed by atoms with Crippen LogP contribution in [0.15, 0.2) is 0 Å². The molecule has 1 saturated heterocycles. The van der Waals surface area contributed by atoms with E-state index in [1.807, 2.05) is 0 Å². The maximum atomic E-state index is 5.31. The molecule has 4 nitrogen and oxygen atoms in total. The molecule has 0 aliphatic carbocycles. The van der Waals surface area contributed by atoms with Crippen molar-refractivity contribution in [1.82, 2.24) is 9.80 Å². The van der Waals surface area contributed by atoms with Crippen molar-refractivity contribution in [3.8, 4) is 0 Å². The molecule has 0 aromatic carbocycles. The lowest BCUT2D eigenvalue weighted by atomic mass is 10.3. The Bertz CT molecular complexity index is 150. The van der Waals surface area contributed by atoms with Crippen LogP contribution in [0, 0.1) is 0 Å². The molecule has 1 heterocycles. The Kier molecular flexibility index (Phi) is 6.92. The minimum Gasteiger partial charge on any atom is -0.383 e. The largest absolute Gasteiger partial charge is 0.383 e. The van der Waals surface area contributed by atoms with E-state index in [1.54, 1.807) is 7.11 Å². The van der Waals surface area contributed by atoms with E-state index in [4.69, 9.17) is 9.47 Å². The van der Waals surface area contributed by atoms with Crippen LogP contribution >= 0.6 is 0 Å². The molecule has 0 unspecified atom stereocenters. The van der Waals surface area contributed by atoms with E-state index in [2.05, 4.69) is 16.8 Å². The average Bonchev–Trinajstić information content (AvgIpc) is 2.28. The fourth-order valence-electron chi connectivity index (χ4n) is 1.75. The van der Waals surface area contributed by atoms with Crippen LogP contribution in [0.4, 0.5) is 0 Å². The van der Waals surface area contributed by atoms with Crippen molar-refractivity contribution in [2.45, 2.75) is 6.42 Å². The number of morpholine rings is 1. The number of hydrogen-bond donors (Lipinski definition) is 0. The van der Waals surface area contributed by atoms with Crippen molar-refractivity contribution in [2.75, 3.05) is 66.7 Å². The van der Waals surface area contributed by atoms with E-state index in [0.29, 0.717) is 0 Å². The van der Waals surface area contributed by atoms with Gasteiger partial charge in [-0.15, -0.1) is 0 Å². The summed E-state index contributed by atoms with van der Waals surface area (Å²) in [5, 5.41) is 0. The molecule has 0 spiro atoms. The van der Waals surface area contributed by atoms with Gasteiger partial charge in [0.1, 0.15) is 0 Å². The molecule has 0 amide bonds. The lowest BCUT2D eigenvalue weighted by Crippen LogP contribution is -2.38. The smallest absolute Gasteiger partial charge is 0.0594 e. The zero-order valence-corrected chi connectivity index (χ0v) is 10.1. The summed E-state index contributed by atoms with van der Waals surface area (Å²) < 4.78 is 10.4. The second kappa shape index (κ2) is 8.05. The normalized spacial score (nSPS) is 18.6. The highest BCUT2D eigenvalue weighted by Crippen LogP contribution is 1.98. The van der Waals surface area contributed by atoms with Crippen molar-refractivity contribution >= 4 is 0 Å². The Balaban J connectivity index is 1.94. The maximum absolute atomic E-state index is 5.31. The second-order valence-corrected chi connectivity index (χ2v) is 4.10. The molecule has 0 N–H and O–H groups in total. The first-order chi connectivity index (χ1) is 7.33. The molecule has 0 radical (unpaired) electrons. The second-order valence-electron chi connectivity index (χ2n) is 4.10. The Morgan fingerprint density at radius 2 is 2.00 bits per heavy atom.